The highest BCUT2D eigenvalue weighted by molar-refractivity contribution is 5.31. The lowest BCUT2D eigenvalue weighted by atomic mass is 9.84. The van der Waals surface area contributed by atoms with Crippen LogP contribution >= 0.6 is 0 Å². The Morgan fingerprint density at radius 3 is 2.37 bits per heavy atom. The molecule has 1 atom stereocenters. The standard InChI is InChI=1S/C17H19FO/c1-3-17(19,12-14-7-5-4-6-8-14)15-9-10-16(18)13(2)11-15/h4-11,19H,3,12H2,1-2H3. The molecule has 1 N–H and O–H groups in total. The first kappa shape index (κ1) is 13.8. The highest BCUT2D eigenvalue weighted by atomic mass is 19.1. The predicted octanol–water partition coefficient (Wildman–Crippen LogP) is 3.97. The van der Waals surface area contributed by atoms with Gasteiger partial charge in [0.25, 0.3) is 0 Å². The van der Waals surface area contributed by atoms with Crippen LogP contribution in [0.3, 0.4) is 0 Å². The maximum Gasteiger partial charge on any atom is 0.126 e. The highest BCUT2D eigenvalue weighted by Gasteiger charge is 2.27. The molecule has 0 saturated carbocycles. The second-order valence-corrected chi connectivity index (χ2v) is 5.01. The molecule has 2 aromatic carbocycles. The smallest absolute Gasteiger partial charge is 0.126 e. The van der Waals surface area contributed by atoms with Crippen molar-refractivity contribution in [2.45, 2.75) is 32.3 Å². The van der Waals surface area contributed by atoms with Crippen LogP contribution < -0.4 is 0 Å². The molecule has 0 aliphatic heterocycles. The normalized spacial score (nSPS) is 14.1. The lowest BCUT2D eigenvalue weighted by Gasteiger charge is -2.28. The molecule has 0 heterocycles. The molecule has 2 heteroatoms. The Balaban J connectivity index is 2.33. The summed E-state index contributed by atoms with van der Waals surface area (Å²) in [6.45, 7) is 3.67. The Bertz CT molecular complexity index is 550. The molecule has 1 nitrogen and oxygen atoms in total. The molecule has 0 spiro atoms. The summed E-state index contributed by atoms with van der Waals surface area (Å²) in [5.41, 5.74) is 1.48. The summed E-state index contributed by atoms with van der Waals surface area (Å²) in [5, 5.41) is 10.8. The molecule has 100 valence electrons. The maximum absolute atomic E-state index is 13.3. The molecule has 0 bridgehead atoms. The average molecular weight is 258 g/mol. The van der Waals surface area contributed by atoms with Gasteiger partial charge < -0.3 is 5.11 Å². The molecule has 0 aromatic heterocycles. The van der Waals surface area contributed by atoms with Gasteiger partial charge in [0, 0.05) is 6.42 Å². The van der Waals surface area contributed by atoms with Crippen molar-refractivity contribution in [1.82, 2.24) is 0 Å². The van der Waals surface area contributed by atoms with E-state index in [2.05, 4.69) is 0 Å². The van der Waals surface area contributed by atoms with Gasteiger partial charge in [-0.2, -0.15) is 0 Å². The topological polar surface area (TPSA) is 20.2 Å². The molecular weight excluding hydrogens is 239 g/mol. The van der Waals surface area contributed by atoms with Crippen molar-refractivity contribution in [2.24, 2.45) is 0 Å². The number of benzene rings is 2. The number of halogens is 1. The van der Waals surface area contributed by atoms with Crippen molar-refractivity contribution in [3.05, 3.63) is 71.0 Å². The third-order valence-electron chi connectivity index (χ3n) is 3.62. The molecule has 2 aromatic rings. The fourth-order valence-electron chi connectivity index (χ4n) is 2.30. The van der Waals surface area contributed by atoms with E-state index < -0.39 is 5.60 Å². The van der Waals surface area contributed by atoms with Crippen LogP contribution in [0.15, 0.2) is 48.5 Å². The van der Waals surface area contributed by atoms with Gasteiger partial charge in [-0.25, -0.2) is 4.39 Å². The Labute approximate surface area is 113 Å². The monoisotopic (exact) mass is 258 g/mol. The van der Waals surface area contributed by atoms with E-state index in [1.54, 1.807) is 19.1 Å². The Hall–Kier alpha value is -1.67. The quantitative estimate of drug-likeness (QED) is 0.879. The number of aryl methyl sites for hydroxylation is 1. The largest absolute Gasteiger partial charge is 0.385 e. The van der Waals surface area contributed by atoms with E-state index in [9.17, 15) is 9.50 Å². The average Bonchev–Trinajstić information content (AvgIpc) is 2.43. The molecule has 0 saturated heterocycles. The SMILES string of the molecule is CCC(O)(Cc1ccccc1)c1ccc(F)c(C)c1. The van der Waals surface area contributed by atoms with Crippen LogP contribution in [-0.4, -0.2) is 5.11 Å². The maximum atomic E-state index is 13.3. The second kappa shape index (κ2) is 5.54. The number of rotatable bonds is 4. The van der Waals surface area contributed by atoms with Gasteiger partial charge in [-0.1, -0.05) is 49.4 Å². The number of hydrogen-bond acceptors (Lipinski definition) is 1. The third kappa shape index (κ3) is 3.02. The molecule has 0 aliphatic rings. The van der Waals surface area contributed by atoms with Crippen LogP contribution in [0.25, 0.3) is 0 Å². The van der Waals surface area contributed by atoms with Crippen molar-refractivity contribution in [3.8, 4) is 0 Å². The van der Waals surface area contributed by atoms with Crippen LogP contribution in [0.2, 0.25) is 0 Å². The number of hydrogen-bond donors (Lipinski definition) is 1. The molecule has 0 fully saturated rings. The van der Waals surface area contributed by atoms with Crippen molar-refractivity contribution in [2.75, 3.05) is 0 Å². The molecule has 0 aliphatic carbocycles. The molecule has 2 rings (SSSR count). The van der Waals surface area contributed by atoms with Gasteiger partial charge >= 0.3 is 0 Å². The first-order chi connectivity index (χ1) is 9.05. The fourth-order valence-corrected chi connectivity index (χ4v) is 2.30. The summed E-state index contributed by atoms with van der Waals surface area (Å²) in [6, 6.07) is 14.7. The van der Waals surface area contributed by atoms with Gasteiger partial charge in [-0.15, -0.1) is 0 Å². The summed E-state index contributed by atoms with van der Waals surface area (Å²) in [5.74, 6) is -0.234. The van der Waals surface area contributed by atoms with Gasteiger partial charge in [0.15, 0.2) is 0 Å². The van der Waals surface area contributed by atoms with Crippen molar-refractivity contribution < 1.29 is 9.50 Å². The van der Waals surface area contributed by atoms with E-state index in [0.717, 1.165) is 11.1 Å². The molecule has 0 radical (unpaired) electrons. The zero-order chi connectivity index (χ0) is 13.9. The first-order valence-corrected chi connectivity index (χ1v) is 6.58. The van der Waals surface area contributed by atoms with Crippen LogP contribution in [0.4, 0.5) is 4.39 Å². The first-order valence-electron chi connectivity index (χ1n) is 6.58. The summed E-state index contributed by atoms with van der Waals surface area (Å²) in [6.07, 6.45) is 1.13. The van der Waals surface area contributed by atoms with Gasteiger partial charge in [-0.05, 0) is 36.1 Å². The van der Waals surface area contributed by atoms with E-state index in [1.165, 1.54) is 6.07 Å². The predicted molar refractivity (Wildman–Crippen MR) is 75.5 cm³/mol. The molecule has 0 amide bonds. The minimum Gasteiger partial charge on any atom is -0.385 e. The van der Waals surface area contributed by atoms with Crippen LogP contribution in [0, 0.1) is 12.7 Å². The van der Waals surface area contributed by atoms with E-state index in [1.807, 2.05) is 37.3 Å². The van der Waals surface area contributed by atoms with Crippen molar-refractivity contribution in [1.29, 1.82) is 0 Å². The molecule has 19 heavy (non-hydrogen) atoms. The van der Waals surface area contributed by atoms with Gasteiger partial charge in [0.1, 0.15) is 5.82 Å². The van der Waals surface area contributed by atoms with E-state index in [4.69, 9.17) is 0 Å². The van der Waals surface area contributed by atoms with Crippen LogP contribution in [0.5, 0.6) is 0 Å². The minimum absolute atomic E-state index is 0.234. The summed E-state index contributed by atoms with van der Waals surface area (Å²) in [4.78, 5) is 0. The van der Waals surface area contributed by atoms with E-state index in [0.29, 0.717) is 18.4 Å². The highest BCUT2D eigenvalue weighted by Crippen LogP contribution is 2.30. The van der Waals surface area contributed by atoms with E-state index in [-0.39, 0.29) is 5.82 Å². The minimum atomic E-state index is -0.945. The van der Waals surface area contributed by atoms with Crippen molar-refractivity contribution in [3.63, 3.8) is 0 Å². The number of aliphatic hydroxyl groups is 1. The zero-order valence-electron chi connectivity index (χ0n) is 11.4. The Kier molecular flexibility index (Phi) is 4.01. The Morgan fingerprint density at radius 1 is 1.11 bits per heavy atom. The van der Waals surface area contributed by atoms with Gasteiger partial charge in [-0.3, -0.25) is 0 Å². The zero-order valence-corrected chi connectivity index (χ0v) is 11.4. The lowest BCUT2D eigenvalue weighted by Crippen LogP contribution is -2.27. The Morgan fingerprint density at radius 2 is 1.79 bits per heavy atom. The lowest BCUT2D eigenvalue weighted by molar-refractivity contribution is 0.0326. The van der Waals surface area contributed by atoms with Gasteiger partial charge in [0.2, 0.25) is 0 Å². The second-order valence-electron chi connectivity index (χ2n) is 5.01. The molecular formula is C17H19FO. The van der Waals surface area contributed by atoms with E-state index >= 15 is 0 Å². The van der Waals surface area contributed by atoms with Crippen molar-refractivity contribution >= 4 is 0 Å². The fraction of sp³-hybridized carbons (Fsp3) is 0.294. The van der Waals surface area contributed by atoms with Crippen LogP contribution in [-0.2, 0) is 12.0 Å². The summed E-state index contributed by atoms with van der Waals surface area (Å²) < 4.78 is 13.3. The summed E-state index contributed by atoms with van der Waals surface area (Å²) >= 11 is 0. The van der Waals surface area contributed by atoms with Gasteiger partial charge in [0.05, 0.1) is 5.60 Å². The molecule has 1 unspecified atom stereocenters. The third-order valence-corrected chi connectivity index (χ3v) is 3.62. The summed E-state index contributed by atoms with van der Waals surface area (Å²) in [7, 11) is 0. The van der Waals surface area contributed by atoms with Crippen LogP contribution in [0.1, 0.15) is 30.0 Å².